The van der Waals surface area contributed by atoms with E-state index in [9.17, 15) is 9.59 Å². The van der Waals surface area contributed by atoms with Gasteiger partial charge in [-0.1, -0.05) is 29.8 Å². The number of carbonyl (C=O) groups excluding carboxylic acids is 2. The number of hydrogen-bond acceptors (Lipinski definition) is 4. The summed E-state index contributed by atoms with van der Waals surface area (Å²) in [5.74, 6) is 0.353. The molecule has 1 atom stereocenters. The van der Waals surface area contributed by atoms with Crippen LogP contribution in [0.1, 0.15) is 50.5 Å². The maximum atomic E-state index is 13.0. The molecule has 0 saturated carbocycles. The van der Waals surface area contributed by atoms with Gasteiger partial charge in [0.1, 0.15) is 6.61 Å². The monoisotopic (exact) mass is 429 g/mol. The number of nitrogens with zero attached hydrogens (tertiary/aromatic N) is 3. The van der Waals surface area contributed by atoms with Crippen LogP contribution in [-0.4, -0.2) is 54.4 Å². The van der Waals surface area contributed by atoms with Gasteiger partial charge in [-0.3, -0.25) is 9.69 Å². The first-order chi connectivity index (χ1) is 15.5. The minimum absolute atomic E-state index is 0.144. The zero-order valence-corrected chi connectivity index (χ0v) is 18.4. The molecule has 0 spiro atoms. The molecule has 3 aliphatic rings. The lowest BCUT2D eigenvalue weighted by Crippen LogP contribution is -2.49. The highest BCUT2D eigenvalue weighted by molar-refractivity contribution is 5.94. The van der Waals surface area contributed by atoms with Crippen LogP contribution >= 0.6 is 0 Å². The Balaban J connectivity index is 1.17. The standard InChI is InChI=1S/C26H27N3O3/c1-17-18(6-9-22-23(17)16-32-26(22)31)14-25(30)29-12-10-28(11-13-29)15-19-7-8-21-20(19)4-3-5-24(21)27-2/h3-6,9,19H,7-8,10-16H2,1H3. The molecule has 164 valence electrons. The van der Waals surface area contributed by atoms with Crippen LogP contribution in [0, 0.1) is 13.5 Å². The zero-order chi connectivity index (χ0) is 22.2. The Hall–Kier alpha value is -3.17. The van der Waals surface area contributed by atoms with E-state index in [0.717, 1.165) is 67.9 Å². The number of benzene rings is 2. The minimum Gasteiger partial charge on any atom is -0.457 e. The first-order valence-corrected chi connectivity index (χ1v) is 11.3. The van der Waals surface area contributed by atoms with Crippen LogP contribution in [0.3, 0.4) is 0 Å². The smallest absolute Gasteiger partial charge is 0.338 e. The summed E-state index contributed by atoms with van der Waals surface area (Å²) in [6.07, 6.45) is 2.46. The van der Waals surface area contributed by atoms with E-state index in [2.05, 4.69) is 15.8 Å². The fourth-order valence-corrected chi connectivity index (χ4v) is 5.37. The van der Waals surface area contributed by atoms with Crippen molar-refractivity contribution in [1.82, 2.24) is 9.80 Å². The molecule has 2 aliphatic heterocycles. The first-order valence-electron chi connectivity index (χ1n) is 11.3. The SMILES string of the molecule is [C-]#[N+]c1cccc2c1CCC2CN1CCN(C(=O)Cc2ccc3c(c2C)COC3=O)CC1. The second-order valence-corrected chi connectivity index (χ2v) is 9.00. The highest BCUT2D eigenvalue weighted by Gasteiger charge is 2.29. The quantitative estimate of drug-likeness (QED) is 0.550. The van der Waals surface area contributed by atoms with E-state index in [-0.39, 0.29) is 11.9 Å². The fourth-order valence-electron chi connectivity index (χ4n) is 5.37. The average molecular weight is 430 g/mol. The summed E-state index contributed by atoms with van der Waals surface area (Å²) in [6, 6.07) is 9.79. The van der Waals surface area contributed by atoms with Gasteiger partial charge < -0.3 is 9.64 Å². The van der Waals surface area contributed by atoms with E-state index in [1.165, 1.54) is 11.1 Å². The number of fused-ring (bicyclic) bond motifs is 2. The molecule has 2 aromatic rings. The lowest BCUT2D eigenvalue weighted by Gasteiger charge is -2.36. The summed E-state index contributed by atoms with van der Waals surface area (Å²) in [4.78, 5) is 32.8. The number of cyclic esters (lactones) is 1. The van der Waals surface area contributed by atoms with Gasteiger partial charge in [-0.05, 0) is 48.4 Å². The Bertz CT molecular complexity index is 1130. The van der Waals surface area contributed by atoms with Gasteiger partial charge in [-0.25, -0.2) is 9.64 Å². The molecule has 2 aromatic carbocycles. The van der Waals surface area contributed by atoms with Gasteiger partial charge in [-0.15, -0.1) is 0 Å². The van der Waals surface area contributed by atoms with Gasteiger partial charge in [0.2, 0.25) is 5.91 Å². The van der Waals surface area contributed by atoms with Crippen molar-refractivity contribution in [2.75, 3.05) is 32.7 Å². The van der Waals surface area contributed by atoms with Gasteiger partial charge in [0.15, 0.2) is 5.69 Å². The summed E-state index contributed by atoms with van der Waals surface area (Å²) in [7, 11) is 0. The zero-order valence-electron chi connectivity index (χ0n) is 18.4. The maximum Gasteiger partial charge on any atom is 0.338 e. The molecule has 6 heteroatoms. The third-order valence-electron chi connectivity index (χ3n) is 7.31. The molecule has 1 aliphatic carbocycles. The molecule has 5 rings (SSSR count). The molecule has 1 unspecified atom stereocenters. The minimum atomic E-state index is -0.271. The van der Waals surface area contributed by atoms with Crippen molar-refractivity contribution in [3.8, 4) is 0 Å². The molecule has 1 fully saturated rings. The molecule has 0 bridgehead atoms. The summed E-state index contributed by atoms with van der Waals surface area (Å²) >= 11 is 0. The topological polar surface area (TPSA) is 54.2 Å². The number of ether oxygens (including phenoxy) is 1. The largest absolute Gasteiger partial charge is 0.457 e. The molecule has 0 aromatic heterocycles. The van der Waals surface area contributed by atoms with Crippen LogP contribution in [0.5, 0.6) is 0 Å². The van der Waals surface area contributed by atoms with Crippen molar-refractivity contribution in [2.24, 2.45) is 0 Å². The van der Waals surface area contributed by atoms with Crippen molar-refractivity contribution >= 4 is 17.6 Å². The molecular weight excluding hydrogens is 402 g/mol. The van der Waals surface area contributed by atoms with Crippen LogP contribution in [0.4, 0.5) is 5.69 Å². The maximum absolute atomic E-state index is 13.0. The second kappa shape index (κ2) is 8.40. The molecule has 2 heterocycles. The molecule has 32 heavy (non-hydrogen) atoms. The van der Waals surface area contributed by atoms with Crippen LogP contribution in [0.15, 0.2) is 30.3 Å². The van der Waals surface area contributed by atoms with Crippen molar-refractivity contribution in [1.29, 1.82) is 0 Å². The molecule has 0 N–H and O–H groups in total. The van der Waals surface area contributed by atoms with Crippen molar-refractivity contribution in [3.63, 3.8) is 0 Å². The van der Waals surface area contributed by atoms with Gasteiger partial charge in [0, 0.05) is 38.3 Å². The Morgan fingerprint density at radius 1 is 1.16 bits per heavy atom. The Morgan fingerprint density at radius 2 is 1.97 bits per heavy atom. The highest BCUT2D eigenvalue weighted by Crippen LogP contribution is 2.39. The van der Waals surface area contributed by atoms with E-state index in [1.807, 2.05) is 30.0 Å². The Kier molecular flexibility index (Phi) is 5.44. The molecule has 0 radical (unpaired) electrons. The fraction of sp³-hybridized carbons (Fsp3) is 0.423. The van der Waals surface area contributed by atoms with E-state index >= 15 is 0 Å². The van der Waals surface area contributed by atoms with Crippen molar-refractivity contribution in [2.45, 2.75) is 38.7 Å². The van der Waals surface area contributed by atoms with E-state index < -0.39 is 0 Å². The first kappa shape index (κ1) is 20.7. The van der Waals surface area contributed by atoms with E-state index in [0.29, 0.717) is 24.5 Å². The van der Waals surface area contributed by atoms with E-state index in [4.69, 9.17) is 11.3 Å². The number of piperazine rings is 1. The summed E-state index contributed by atoms with van der Waals surface area (Å²) in [5, 5.41) is 0. The van der Waals surface area contributed by atoms with Crippen LogP contribution in [-0.2, 0) is 29.0 Å². The van der Waals surface area contributed by atoms with Gasteiger partial charge in [0.25, 0.3) is 0 Å². The lowest BCUT2D eigenvalue weighted by molar-refractivity contribution is -0.132. The van der Waals surface area contributed by atoms with Crippen molar-refractivity contribution in [3.05, 3.63) is 75.1 Å². The van der Waals surface area contributed by atoms with Crippen LogP contribution in [0.2, 0.25) is 0 Å². The van der Waals surface area contributed by atoms with Gasteiger partial charge >= 0.3 is 5.97 Å². The number of hydrogen-bond donors (Lipinski definition) is 0. The van der Waals surface area contributed by atoms with Crippen LogP contribution in [0.25, 0.3) is 4.85 Å². The molecule has 6 nitrogen and oxygen atoms in total. The summed E-state index contributed by atoms with van der Waals surface area (Å²) < 4.78 is 5.13. The average Bonchev–Trinajstić information content (AvgIpc) is 3.40. The summed E-state index contributed by atoms with van der Waals surface area (Å²) in [6.45, 7) is 13.9. The van der Waals surface area contributed by atoms with Crippen LogP contribution < -0.4 is 0 Å². The number of amides is 1. The van der Waals surface area contributed by atoms with E-state index in [1.54, 1.807) is 6.07 Å². The number of rotatable bonds is 4. The number of carbonyl (C=O) groups is 2. The van der Waals surface area contributed by atoms with Gasteiger partial charge in [0.05, 0.1) is 18.6 Å². The molecule has 1 saturated heterocycles. The third-order valence-corrected chi connectivity index (χ3v) is 7.31. The lowest BCUT2D eigenvalue weighted by atomic mass is 9.96. The third kappa shape index (κ3) is 3.67. The highest BCUT2D eigenvalue weighted by atomic mass is 16.5. The Morgan fingerprint density at radius 3 is 2.75 bits per heavy atom. The van der Waals surface area contributed by atoms with Gasteiger partial charge in [-0.2, -0.15) is 0 Å². The molecule has 1 amide bonds. The summed E-state index contributed by atoms with van der Waals surface area (Å²) in [5.41, 5.74) is 6.90. The predicted octanol–water partition coefficient (Wildman–Crippen LogP) is 3.63. The Labute approximate surface area is 188 Å². The number of esters is 1. The van der Waals surface area contributed by atoms with Crippen molar-refractivity contribution < 1.29 is 14.3 Å². The molecular formula is C26H27N3O3. The second-order valence-electron chi connectivity index (χ2n) is 9.00. The normalized spacial score (nSPS) is 19.9. The predicted molar refractivity (Wildman–Crippen MR) is 121 cm³/mol.